The van der Waals surface area contributed by atoms with E-state index in [0.29, 0.717) is 10.7 Å². The zero-order valence-electron chi connectivity index (χ0n) is 7.98. The normalized spacial score (nSPS) is 11.5. The standard InChI is InChI=1S/C9H10ClF3N2/c1-15(5-9(11,12)13)8-3-2-6(10)4-7(8)14/h2-4H,5,14H2,1H3. The van der Waals surface area contributed by atoms with Gasteiger partial charge in [-0.15, -0.1) is 0 Å². The molecule has 1 aromatic carbocycles. The van der Waals surface area contributed by atoms with Crippen molar-refractivity contribution in [3.05, 3.63) is 23.2 Å². The predicted molar refractivity (Wildman–Crippen MR) is 55.2 cm³/mol. The van der Waals surface area contributed by atoms with Crippen molar-refractivity contribution in [2.24, 2.45) is 0 Å². The molecule has 0 aliphatic carbocycles. The van der Waals surface area contributed by atoms with Crippen LogP contribution in [0.4, 0.5) is 24.5 Å². The fraction of sp³-hybridized carbons (Fsp3) is 0.333. The van der Waals surface area contributed by atoms with Gasteiger partial charge < -0.3 is 10.6 Å². The Kier molecular flexibility index (Phi) is 3.34. The lowest BCUT2D eigenvalue weighted by atomic mass is 10.2. The van der Waals surface area contributed by atoms with Gasteiger partial charge in [-0.05, 0) is 18.2 Å². The van der Waals surface area contributed by atoms with Crippen LogP contribution in [0.15, 0.2) is 18.2 Å². The Morgan fingerprint density at radius 2 is 2.00 bits per heavy atom. The summed E-state index contributed by atoms with van der Waals surface area (Å²) in [6.07, 6.45) is -4.25. The maximum atomic E-state index is 12.1. The first-order chi connectivity index (χ1) is 6.79. The summed E-state index contributed by atoms with van der Waals surface area (Å²) in [7, 11) is 1.33. The maximum Gasteiger partial charge on any atom is 0.405 e. The van der Waals surface area contributed by atoms with Crippen molar-refractivity contribution in [3.63, 3.8) is 0 Å². The predicted octanol–water partition coefficient (Wildman–Crippen LogP) is 2.92. The van der Waals surface area contributed by atoms with Crippen LogP contribution in [0, 0.1) is 0 Å². The summed E-state index contributed by atoms with van der Waals surface area (Å²) in [6, 6.07) is 4.38. The van der Waals surface area contributed by atoms with Crippen LogP contribution in [-0.4, -0.2) is 19.8 Å². The average molecular weight is 239 g/mol. The third-order valence-corrected chi connectivity index (χ3v) is 2.05. The van der Waals surface area contributed by atoms with E-state index in [0.717, 1.165) is 4.90 Å². The molecule has 2 nitrogen and oxygen atoms in total. The lowest BCUT2D eigenvalue weighted by molar-refractivity contribution is -0.119. The van der Waals surface area contributed by atoms with Crippen LogP contribution in [0.3, 0.4) is 0 Å². The number of nitrogens with zero attached hydrogens (tertiary/aromatic N) is 1. The van der Waals surface area contributed by atoms with Gasteiger partial charge in [0.1, 0.15) is 6.54 Å². The van der Waals surface area contributed by atoms with Crippen LogP contribution in [0.5, 0.6) is 0 Å². The van der Waals surface area contributed by atoms with Crippen molar-refractivity contribution in [2.75, 3.05) is 24.2 Å². The van der Waals surface area contributed by atoms with Crippen molar-refractivity contribution in [2.45, 2.75) is 6.18 Å². The molecule has 0 atom stereocenters. The lowest BCUT2D eigenvalue weighted by Gasteiger charge is -2.22. The number of alkyl halides is 3. The van der Waals surface area contributed by atoms with Gasteiger partial charge in [0.15, 0.2) is 0 Å². The first-order valence-electron chi connectivity index (χ1n) is 4.12. The number of benzene rings is 1. The highest BCUT2D eigenvalue weighted by Gasteiger charge is 2.29. The average Bonchev–Trinajstić information content (AvgIpc) is 1.99. The molecule has 0 amide bonds. The molecule has 84 valence electrons. The first-order valence-corrected chi connectivity index (χ1v) is 4.50. The Morgan fingerprint density at radius 1 is 1.40 bits per heavy atom. The van der Waals surface area contributed by atoms with Crippen LogP contribution >= 0.6 is 11.6 Å². The third-order valence-electron chi connectivity index (χ3n) is 1.82. The van der Waals surface area contributed by atoms with Gasteiger partial charge in [-0.2, -0.15) is 13.2 Å². The van der Waals surface area contributed by atoms with E-state index in [2.05, 4.69) is 0 Å². The van der Waals surface area contributed by atoms with Crippen LogP contribution < -0.4 is 10.6 Å². The van der Waals surface area contributed by atoms with E-state index in [9.17, 15) is 13.2 Å². The quantitative estimate of drug-likeness (QED) is 0.803. The molecule has 0 radical (unpaired) electrons. The molecule has 0 aromatic heterocycles. The minimum Gasteiger partial charge on any atom is -0.397 e. The van der Waals surface area contributed by atoms with E-state index in [4.69, 9.17) is 17.3 Å². The molecule has 0 spiro atoms. The molecule has 0 saturated carbocycles. The number of rotatable bonds is 2. The summed E-state index contributed by atoms with van der Waals surface area (Å²) in [5, 5.41) is 0.400. The smallest absolute Gasteiger partial charge is 0.397 e. The molecular weight excluding hydrogens is 229 g/mol. The topological polar surface area (TPSA) is 29.3 Å². The monoisotopic (exact) mass is 238 g/mol. The highest BCUT2D eigenvalue weighted by atomic mass is 35.5. The van der Waals surface area contributed by atoms with E-state index in [1.807, 2.05) is 0 Å². The van der Waals surface area contributed by atoms with Gasteiger partial charge in [-0.1, -0.05) is 11.6 Å². The summed E-state index contributed by atoms with van der Waals surface area (Å²) in [5.74, 6) is 0. The van der Waals surface area contributed by atoms with Crippen LogP contribution in [0.2, 0.25) is 5.02 Å². The van der Waals surface area contributed by atoms with Gasteiger partial charge in [0.25, 0.3) is 0 Å². The highest BCUT2D eigenvalue weighted by molar-refractivity contribution is 6.31. The molecule has 0 heterocycles. The van der Waals surface area contributed by atoms with Gasteiger partial charge >= 0.3 is 6.18 Å². The molecule has 0 aliphatic heterocycles. The van der Waals surface area contributed by atoms with E-state index >= 15 is 0 Å². The van der Waals surface area contributed by atoms with Gasteiger partial charge in [-0.25, -0.2) is 0 Å². The first kappa shape index (κ1) is 12.0. The van der Waals surface area contributed by atoms with Gasteiger partial charge in [0, 0.05) is 12.1 Å². The third kappa shape index (κ3) is 3.51. The van der Waals surface area contributed by atoms with Crippen molar-refractivity contribution in [1.82, 2.24) is 0 Å². The minimum absolute atomic E-state index is 0.231. The Labute approximate surface area is 90.4 Å². The molecule has 0 saturated heterocycles. The van der Waals surface area contributed by atoms with Crippen molar-refractivity contribution in [1.29, 1.82) is 0 Å². The summed E-state index contributed by atoms with van der Waals surface area (Å²) in [6.45, 7) is -1.04. The summed E-state index contributed by atoms with van der Waals surface area (Å²) in [5.41, 5.74) is 6.09. The van der Waals surface area contributed by atoms with Crippen LogP contribution in [0.25, 0.3) is 0 Å². The highest BCUT2D eigenvalue weighted by Crippen LogP contribution is 2.28. The second kappa shape index (κ2) is 4.18. The molecule has 15 heavy (non-hydrogen) atoms. The van der Waals surface area contributed by atoms with Crippen LogP contribution in [0.1, 0.15) is 0 Å². The van der Waals surface area contributed by atoms with E-state index < -0.39 is 12.7 Å². The number of hydrogen-bond acceptors (Lipinski definition) is 2. The molecule has 1 aromatic rings. The summed E-state index contributed by atoms with van der Waals surface area (Å²) < 4.78 is 36.3. The zero-order chi connectivity index (χ0) is 11.6. The number of nitrogen functional groups attached to an aromatic ring is 1. The van der Waals surface area contributed by atoms with E-state index in [-0.39, 0.29) is 5.69 Å². The van der Waals surface area contributed by atoms with Gasteiger partial charge in [0.05, 0.1) is 11.4 Å². The fourth-order valence-electron chi connectivity index (χ4n) is 1.23. The minimum atomic E-state index is -4.25. The Bertz CT molecular complexity index is 352. The lowest BCUT2D eigenvalue weighted by Crippen LogP contribution is -2.31. The van der Waals surface area contributed by atoms with Crippen molar-refractivity contribution >= 4 is 23.0 Å². The number of hydrogen-bond donors (Lipinski definition) is 1. The van der Waals surface area contributed by atoms with Gasteiger partial charge in [0.2, 0.25) is 0 Å². The second-order valence-electron chi connectivity index (χ2n) is 3.17. The molecule has 2 N–H and O–H groups in total. The number of anilines is 2. The number of halogens is 4. The van der Waals surface area contributed by atoms with Crippen LogP contribution in [-0.2, 0) is 0 Å². The van der Waals surface area contributed by atoms with Gasteiger partial charge in [-0.3, -0.25) is 0 Å². The Balaban J connectivity index is 2.87. The van der Waals surface area contributed by atoms with Crippen molar-refractivity contribution < 1.29 is 13.2 Å². The molecule has 1 rings (SSSR count). The molecule has 6 heteroatoms. The summed E-state index contributed by atoms with van der Waals surface area (Å²) in [4.78, 5) is 1.03. The zero-order valence-corrected chi connectivity index (χ0v) is 8.73. The molecule has 0 unspecified atom stereocenters. The molecule has 0 fully saturated rings. The Morgan fingerprint density at radius 3 is 2.47 bits per heavy atom. The maximum absolute atomic E-state index is 12.1. The van der Waals surface area contributed by atoms with E-state index in [1.165, 1.54) is 25.2 Å². The number of nitrogens with two attached hydrogens (primary N) is 1. The fourth-order valence-corrected chi connectivity index (χ4v) is 1.41. The Hall–Kier alpha value is -1.10. The van der Waals surface area contributed by atoms with E-state index in [1.54, 1.807) is 0 Å². The molecule has 0 bridgehead atoms. The molecule has 0 aliphatic rings. The van der Waals surface area contributed by atoms with Crippen molar-refractivity contribution in [3.8, 4) is 0 Å². The SMILES string of the molecule is CN(CC(F)(F)F)c1ccc(Cl)cc1N. The second-order valence-corrected chi connectivity index (χ2v) is 3.61. The summed E-state index contributed by atoms with van der Waals surface area (Å²) >= 11 is 5.63. The molecular formula is C9H10ClF3N2. The largest absolute Gasteiger partial charge is 0.405 e.